The number of ether oxygens (including phenoxy) is 6. The summed E-state index contributed by atoms with van der Waals surface area (Å²) in [6.45, 7) is -2.58. The highest BCUT2D eigenvalue weighted by molar-refractivity contribution is 5.98. The lowest BCUT2D eigenvalue weighted by Crippen LogP contribution is -3.11. The first-order valence-electron chi connectivity index (χ1n) is 16.9. The van der Waals surface area contributed by atoms with Crippen molar-refractivity contribution in [2.24, 2.45) is 5.92 Å². The van der Waals surface area contributed by atoms with E-state index < -0.39 is 122 Å². The second-order valence-electron chi connectivity index (χ2n) is 13.6. The van der Waals surface area contributed by atoms with Gasteiger partial charge in [-0.15, -0.1) is 0 Å². The van der Waals surface area contributed by atoms with E-state index in [1.165, 1.54) is 24.3 Å². The van der Waals surface area contributed by atoms with Gasteiger partial charge in [0.2, 0.25) is 6.29 Å². The number of allylic oxidation sites excluding steroid dienone is 1. The van der Waals surface area contributed by atoms with E-state index in [0.717, 1.165) is 0 Å². The third kappa shape index (κ3) is 7.94. The molecule has 1 aromatic carbocycles. The van der Waals surface area contributed by atoms with Gasteiger partial charge in [0.05, 0.1) is 13.2 Å². The van der Waals surface area contributed by atoms with Gasteiger partial charge in [-0.3, -0.25) is 14.5 Å². The number of nitrogens with one attached hydrogen (secondary N) is 2. The summed E-state index contributed by atoms with van der Waals surface area (Å²) in [7, 11) is 0. The van der Waals surface area contributed by atoms with Crippen molar-refractivity contribution in [3.05, 3.63) is 41.1 Å². The van der Waals surface area contributed by atoms with Crippen molar-refractivity contribution >= 4 is 35.5 Å². The molecule has 0 aliphatic carbocycles. The normalized spacial score (nSPS) is 36.2. The highest BCUT2D eigenvalue weighted by atomic mass is 16.8. The number of hydrogen-bond donors (Lipinski definition) is 10. The first-order chi connectivity index (χ1) is 26.0. The number of carboxylic acid groups (broad SMARTS) is 3. The van der Waals surface area contributed by atoms with Crippen molar-refractivity contribution in [3.8, 4) is 11.5 Å². The molecule has 5 aliphatic rings. The first-order valence-corrected chi connectivity index (χ1v) is 16.9. The van der Waals surface area contributed by atoms with E-state index in [4.69, 9.17) is 23.7 Å². The number of carboxylic acids is 3. The molecule has 55 heavy (non-hydrogen) atoms. The maximum absolute atomic E-state index is 12.3. The zero-order chi connectivity index (χ0) is 39.9. The van der Waals surface area contributed by atoms with Gasteiger partial charge in [-0.25, -0.2) is 9.59 Å². The highest BCUT2D eigenvalue weighted by Crippen LogP contribution is 2.38. The van der Waals surface area contributed by atoms with E-state index in [9.17, 15) is 69.9 Å². The Kier molecular flexibility index (Phi) is 11.3. The molecule has 5 aliphatic heterocycles. The van der Waals surface area contributed by atoms with Crippen molar-refractivity contribution in [2.75, 3.05) is 33.0 Å². The van der Waals surface area contributed by atoms with Gasteiger partial charge in [-0.2, -0.15) is 0 Å². The first kappa shape index (κ1) is 39.8. The van der Waals surface area contributed by atoms with Crippen LogP contribution in [0.15, 0.2) is 35.6 Å². The molecule has 0 radical (unpaired) electrons. The molecule has 0 saturated carbocycles. The minimum Gasteiger partial charge on any atom is -0.544 e. The Balaban J connectivity index is 1.25. The van der Waals surface area contributed by atoms with Gasteiger partial charge in [-0.05, 0) is 23.8 Å². The number of rotatable bonds is 13. The summed E-state index contributed by atoms with van der Waals surface area (Å²) in [5.41, 5.74) is -1.64. The summed E-state index contributed by atoms with van der Waals surface area (Å²) in [6, 6.07) is -0.0574. The zero-order valence-electron chi connectivity index (χ0n) is 28.5. The maximum atomic E-state index is 12.3. The number of aliphatic hydroxyl groups excluding tert-OH is 4. The Hall–Kier alpha value is -4.91. The highest BCUT2D eigenvalue weighted by Gasteiger charge is 2.54. The van der Waals surface area contributed by atoms with E-state index in [1.807, 2.05) is 0 Å². The van der Waals surface area contributed by atoms with E-state index in [-0.39, 0.29) is 48.0 Å². The van der Waals surface area contributed by atoms with Crippen LogP contribution < -0.4 is 20.1 Å². The lowest BCUT2D eigenvalue weighted by atomic mass is 9.98. The Labute approximate surface area is 309 Å². The van der Waals surface area contributed by atoms with Crippen LogP contribution in [0.4, 0.5) is 5.69 Å². The Morgan fingerprint density at radius 3 is 2.44 bits per heavy atom. The van der Waals surface area contributed by atoms with Gasteiger partial charge >= 0.3 is 23.9 Å². The van der Waals surface area contributed by atoms with Crippen LogP contribution in [0.5, 0.6) is 11.5 Å². The SMILES string of the molecule is O=C(O)C1=CC(=CC[NH+]2c3cc(O)c(OC4OC(COC(=O)C5COC5=O)C(O)C(O)C4OC4OCC(O)(CO)C4O)cc3CC2C(=O)[O-])CC(C(=O)O)N1. The number of esters is 2. The number of fused-ring (bicyclic) bond motifs is 1. The van der Waals surface area contributed by atoms with Crippen LogP contribution in [0.1, 0.15) is 12.0 Å². The number of aliphatic carboxylic acids is 3. The minimum absolute atomic E-state index is 0.106. The number of phenolic OH excluding ortho intramolecular Hbond substituents is 1. The summed E-state index contributed by atoms with van der Waals surface area (Å²) in [5.74, 6) is -8.15. The second-order valence-corrected chi connectivity index (χ2v) is 13.6. The van der Waals surface area contributed by atoms with Crippen molar-refractivity contribution < 1.29 is 103 Å². The Morgan fingerprint density at radius 2 is 1.84 bits per heavy atom. The largest absolute Gasteiger partial charge is 0.544 e. The summed E-state index contributed by atoms with van der Waals surface area (Å²) in [6.07, 6.45) is -10.1. The van der Waals surface area contributed by atoms with Crippen molar-refractivity contribution in [3.63, 3.8) is 0 Å². The molecular formula is C33H38N2O20. The van der Waals surface area contributed by atoms with Gasteiger partial charge in [0.1, 0.15) is 79.2 Å². The van der Waals surface area contributed by atoms with Crippen molar-refractivity contribution in [1.82, 2.24) is 5.32 Å². The van der Waals surface area contributed by atoms with Gasteiger partial charge in [0.25, 0.3) is 0 Å². The van der Waals surface area contributed by atoms with E-state index >= 15 is 0 Å². The molecule has 0 bridgehead atoms. The van der Waals surface area contributed by atoms with Crippen LogP contribution in [0.25, 0.3) is 0 Å². The number of hydrogen-bond acceptors (Lipinski definition) is 19. The van der Waals surface area contributed by atoms with Crippen LogP contribution >= 0.6 is 0 Å². The average molecular weight is 783 g/mol. The molecule has 6 rings (SSSR count). The summed E-state index contributed by atoms with van der Waals surface area (Å²) < 4.78 is 32.3. The van der Waals surface area contributed by atoms with Crippen LogP contribution in [-0.2, 0) is 54.1 Å². The molecule has 10 N–H and O–H groups in total. The molecule has 300 valence electrons. The number of carbonyl (C=O) groups is 5. The molecule has 1 aromatic rings. The van der Waals surface area contributed by atoms with Crippen LogP contribution in [-0.4, -0.2) is 164 Å². The minimum atomic E-state index is -2.15. The molecule has 3 saturated heterocycles. The van der Waals surface area contributed by atoms with Gasteiger partial charge in [-0.1, -0.05) is 0 Å². The van der Waals surface area contributed by atoms with Crippen LogP contribution in [0.3, 0.4) is 0 Å². The van der Waals surface area contributed by atoms with Gasteiger partial charge in [0.15, 0.2) is 29.8 Å². The summed E-state index contributed by atoms with van der Waals surface area (Å²) in [4.78, 5) is 59.5. The van der Waals surface area contributed by atoms with E-state index in [2.05, 4.69) is 10.1 Å². The lowest BCUT2D eigenvalue weighted by Gasteiger charge is -2.43. The fourth-order valence-corrected chi connectivity index (χ4v) is 6.73. The second kappa shape index (κ2) is 15.7. The molecule has 22 heteroatoms. The predicted molar refractivity (Wildman–Crippen MR) is 168 cm³/mol. The fraction of sp³-hybridized carbons (Fsp3) is 0.545. The molecule has 0 amide bonds. The molecular weight excluding hydrogens is 744 g/mol. The number of carbonyl (C=O) groups excluding carboxylic acids is 3. The summed E-state index contributed by atoms with van der Waals surface area (Å²) in [5, 5.41) is 97.3. The van der Waals surface area contributed by atoms with Crippen molar-refractivity contribution in [2.45, 2.75) is 73.6 Å². The number of phenols is 1. The smallest absolute Gasteiger partial charge is 0.351 e. The Bertz CT molecular complexity index is 1780. The van der Waals surface area contributed by atoms with Crippen molar-refractivity contribution in [1.29, 1.82) is 0 Å². The third-order valence-electron chi connectivity index (χ3n) is 9.98. The third-order valence-corrected chi connectivity index (χ3v) is 9.98. The number of cyclic esters (lactones) is 1. The number of aromatic hydroxyl groups is 1. The number of aliphatic hydroxyl groups is 5. The number of benzene rings is 1. The van der Waals surface area contributed by atoms with E-state index in [0.29, 0.717) is 11.1 Å². The molecule has 5 heterocycles. The predicted octanol–water partition coefficient (Wildman–Crippen LogP) is -6.71. The van der Waals surface area contributed by atoms with Crippen LogP contribution in [0.2, 0.25) is 0 Å². The molecule has 0 aromatic heterocycles. The van der Waals surface area contributed by atoms with Crippen LogP contribution in [0, 0.1) is 5.92 Å². The van der Waals surface area contributed by atoms with Gasteiger partial charge < -0.3 is 84.5 Å². The quantitative estimate of drug-likeness (QED) is 0.0656. The van der Waals surface area contributed by atoms with Gasteiger partial charge in [0, 0.05) is 24.5 Å². The molecule has 12 atom stereocenters. The molecule has 12 unspecified atom stereocenters. The molecule has 22 nitrogen and oxygen atoms in total. The fourth-order valence-electron chi connectivity index (χ4n) is 6.73. The monoisotopic (exact) mass is 782 g/mol. The summed E-state index contributed by atoms with van der Waals surface area (Å²) >= 11 is 0. The zero-order valence-corrected chi connectivity index (χ0v) is 28.5. The average Bonchev–Trinajstić information content (AvgIpc) is 3.64. The number of quaternary nitrogens is 1. The lowest BCUT2D eigenvalue weighted by molar-refractivity contribution is -0.840. The van der Waals surface area contributed by atoms with E-state index in [1.54, 1.807) is 0 Å². The topological polar surface area (TPSA) is 342 Å². The molecule has 0 spiro atoms. The Morgan fingerprint density at radius 1 is 1.09 bits per heavy atom. The standard InChI is InChI=1S/C33H38N2O20/c36-10-33(49)11-52-32(25(33)40)55-24-23(39)22(38)21(9-51-30(48)14-8-50-29(14)47)54-31(24)53-20-6-13-5-18(28(45)46)35(17(13)7-19(20)37)2-1-12-3-15(26(41)42)34-16(4-12)27(43)44/h1,3,6-7,14,16,18,21-25,31-32,34,36-40,49H,2,4-5,8-11H2,(H,41,42)(H,43,44)(H,45,46). The molecule has 3 fully saturated rings. The maximum Gasteiger partial charge on any atom is 0.351 e.